The molecule has 0 unspecified atom stereocenters. The van der Waals surface area contributed by atoms with Gasteiger partial charge in [-0.1, -0.05) is 12.1 Å². The highest BCUT2D eigenvalue weighted by atomic mass is 32.2. The number of rotatable bonds is 2. The summed E-state index contributed by atoms with van der Waals surface area (Å²) in [5, 5.41) is 16.4. The van der Waals surface area contributed by atoms with Crippen LogP contribution in [0.4, 0.5) is 5.82 Å². The van der Waals surface area contributed by atoms with E-state index in [0.717, 1.165) is 33.9 Å². The van der Waals surface area contributed by atoms with Crippen LogP contribution in [0.1, 0.15) is 5.56 Å². The van der Waals surface area contributed by atoms with Crippen molar-refractivity contribution in [1.29, 1.82) is 10.8 Å². The van der Waals surface area contributed by atoms with E-state index in [0.29, 0.717) is 11.4 Å². The highest BCUT2D eigenvalue weighted by Crippen LogP contribution is 2.29. The van der Waals surface area contributed by atoms with E-state index >= 15 is 0 Å². The minimum Gasteiger partial charge on any atom is -0.384 e. The minimum atomic E-state index is -0.100. The second kappa shape index (κ2) is 5.53. The van der Waals surface area contributed by atoms with Crippen LogP contribution in [0.15, 0.2) is 42.6 Å². The van der Waals surface area contributed by atoms with Gasteiger partial charge >= 0.3 is 0 Å². The van der Waals surface area contributed by atoms with Gasteiger partial charge in [0.25, 0.3) is 0 Å². The molecule has 2 heterocycles. The zero-order valence-electron chi connectivity index (χ0n) is 11.6. The number of H-pyrrole nitrogens is 1. The normalized spacial score (nSPS) is 10.7. The molecule has 0 saturated heterocycles. The van der Waals surface area contributed by atoms with Gasteiger partial charge in [0, 0.05) is 28.2 Å². The van der Waals surface area contributed by atoms with Crippen molar-refractivity contribution in [3.05, 3.63) is 48.2 Å². The maximum absolute atomic E-state index is 7.99. The number of aromatic amines is 1. The van der Waals surface area contributed by atoms with Crippen LogP contribution >= 0.6 is 11.8 Å². The fourth-order valence-electron chi connectivity index (χ4n) is 2.24. The monoisotopic (exact) mass is 310 g/mol. The minimum absolute atomic E-state index is 0.100. The van der Waals surface area contributed by atoms with Crippen molar-refractivity contribution in [2.45, 2.75) is 0 Å². The number of nitrogens with zero attached hydrogens (tertiary/aromatic N) is 1. The molecule has 0 bridgehead atoms. The Hall–Kier alpha value is -2.80. The predicted molar refractivity (Wildman–Crippen MR) is 92.3 cm³/mol. The van der Waals surface area contributed by atoms with Crippen molar-refractivity contribution >= 4 is 38.7 Å². The number of anilines is 1. The average Bonchev–Trinajstić information content (AvgIpc) is 2.89. The van der Waals surface area contributed by atoms with Gasteiger partial charge in [0.05, 0.1) is 5.69 Å². The zero-order valence-corrected chi connectivity index (χ0v) is 12.4. The molecule has 22 heavy (non-hydrogen) atoms. The first-order valence-electron chi connectivity index (χ1n) is 6.49. The molecule has 0 radical (unpaired) electrons. The lowest BCUT2D eigenvalue weighted by Crippen LogP contribution is -2.08. The Labute approximate surface area is 131 Å². The molecule has 0 aliphatic rings. The van der Waals surface area contributed by atoms with Gasteiger partial charge in [0.2, 0.25) is 0 Å². The lowest BCUT2D eigenvalue weighted by atomic mass is 10.1. The van der Waals surface area contributed by atoms with Crippen molar-refractivity contribution in [1.82, 2.24) is 9.97 Å². The first-order chi connectivity index (χ1) is 10.5. The summed E-state index contributed by atoms with van der Waals surface area (Å²) >= 11 is 0.921. The molecule has 0 fully saturated rings. The van der Waals surface area contributed by atoms with Gasteiger partial charge < -0.3 is 16.5 Å². The van der Waals surface area contributed by atoms with E-state index in [9.17, 15) is 0 Å². The SMILES string of the molecule is N=C(N)SC(=N)c1ccc2[nH]cc(-c3cccc(N)n3)c2c1. The Kier molecular flexibility index (Phi) is 3.56. The number of nitrogens with one attached hydrogen (secondary N) is 3. The molecule has 7 heteroatoms. The molecule has 0 atom stereocenters. The third-order valence-electron chi connectivity index (χ3n) is 3.20. The van der Waals surface area contributed by atoms with Gasteiger partial charge in [-0.15, -0.1) is 0 Å². The molecular formula is C15H14N6S. The van der Waals surface area contributed by atoms with Crippen molar-refractivity contribution in [2.24, 2.45) is 5.73 Å². The average molecular weight is 310 g/mol. The molecular weight excluding hydrogens is 296 g/mol. The predicted octanol–water partition coefficient (Wildman–Crippen LogP) is 2.76. The molecule has 3 rings (SSSR count). The van der Waals surface area contributed by atoms with E-state index in [2.05, 4.69) is 9.97 Å². The second-order valence-corrected chi connectivity index (χ2v) is 5.76. The molecule has 0 saturated carbocycles. The van der Waals surface area contributed by atoms with Crippen LogP contribution in [0, 0.1) is 10.8 Å². The highest BCUT2D eigenvalue weighted by molar-refractivity contribution is 8.26. The van der Waals surface area contributed by atoms with Crippen LogP contribution in [-0.2, 0) is 0 Å². The number of nitrogens with two attached hydrogens (primary N) is 2. The first-order valence-corrected chi connectivity index (χ1v) is 7.31. The quantitative estimate of drug-likeness (QED) is 0.368. The Morgan fingerprint density at radius 2 is 2.00 bits per heavy atom. The van der Waals surface area contributed by atoms with Crippen molar-refractivity contribution in [3.8, 4) is 11.3 Å². The number of thioether (sulfide) groups is 1. The first kappa shape index (κ1) is 14.2. The number of hydrogen-bond donors (Lipinski definition) is 5. The van der Waals surface area contributed by atoms with Crippen molar-refractivity contribution < 1.29 is 0 Å². The largest absolute Gasteiger partial charge is 0.384 e. The standard InChI is InChI=1S/C15H14N6S/c16-13-3-1-2-12(21-13)10-7-20-11-5-4-8(6-9(10)11)14(17)22-15(18)19/h1-7,17,20H,(H2,16,21)(H3,18,19). The zero-order chi connectivity index (χ0) is 15.7. The Balaban J connectivity index is 2.09. The summed E-state index contributed by atoms with van der Waals surface area (Å²) in [6.45, 7) is 0. The van der Waals surface area contributed by atoms with Gasteiger partial charge in [-0.3, -0.25) is 10.8 Å². The highest BCUT2D eigenvalue weighted by Gasteiger charge is 2.11. The number of benzene rings is 1. The van der Waals surface area contributed by atoms with Crippen LogP contribution in [0.2, 0.25) is 0 Å². The smallest absolute Gasteiger partial charge is 0.157 e. The summed E-state index contributed by atoms with van der Waals surface area (Å²) in [6, 6.07) is 11.1. The number of nitrogen functional groups attached to an aromatic ring is 1. The molecule has 7 N–H and O–H groups in total. The van der Waals surface area contributed by atoms with Gasteiger partial charge in [0.1, 0.15) is 10.9 Å². The number of hydrogen-bond acceptors (Lipinski definition) is 5. The van der Waals surface area contributed by atoms with Crippen LogP contribution < -0.4 is 11.5 Å². The molecule has 1 aromatic carbocycles. The van der Waals surface area contributed by atoms with Gasteiger partial charge in [-0.05, 0) is 36.0 Å². The number of amidine groups is 1. The Morgan fingerprint density at radius 1 is 1.18 bits per heavy atom. The topological polar surface area (TPSA) is 128 Å². The second-order valence-electron chi connectivity index (χ2n) is 4.71. The molecule has 0 aliphatic heterocycles. The maximum atomic E-state index is 7.99. The van der Waals surface area contributed by atoms with E-state index in [1.165, 1.54) is 0 Å². The van der Waals surface area contributed by atoms with Crippen molar-refractivity contribution in [2.75, 3.05) is 5.73 Å². The maximum Gasteiger partial charge on any atom is 0.157 e. The third-order valence-corrected chi connectivity index (χ3v) is 3.86. The van der Waals surface area contributed by atoms with Gasteiger partial charge in [-0.2, -0.15) is 0 Å². The fraction of sp³-hybridized carbons (Fsp3) is 0. The lowest BCUT2D eigenvalue weighted by molar-refractivity contribution is 1.33. The summed E-state index contributed by atoms with van der Waals surface area (Å²) in [5.74, 6) is 0.461. The van der Waals surface area contributed by atoms with E-state index in [1.54, 1.807) is 6.07 Å². The van der Waals surface area contributed by atoms with E-state index in [-0.39, 0.29) is 10.2 Å². The molecule has 0 aliphatic carbocycles. The lowest BCUT2D eigenvalue weighted by Gasteiger charge is -2.04. The Morgan fingerprint density at radius 3 is 2.73 bits per heavy atom. The van der Waals surface area contributed by atoms with Crippen molar-refractivity contribution in [3.63, 3.8) is 0 Å². The van der Waals surface area contributed by atoms with E-state index in [1.807, 2.05) is 36.5 Å². The summed E-state index contributed by atoms with van der Waals surface area (Å²) < 4.78 is 0. The molecule has 0 spiro atoms. The van der Waals surface area contributed by atoms with Gasteiger partial charge in [0.15, 0.2) is 5.17 Å². The summed E-state index contributed by atoms with van der Waals surface area (Å²) in [6.07, 6.45) is 1.87. The summed E-state index contributed by atoms with van der Waals surface area (Å²) in [7, 11) is 0. The van der Waals surface area contributed by atoms with Crippen LogP contribution in [0.25, 0.3) is 22.2 Å². The molecule has 6 nitrogen and oxygen atoms in total. The van der Waals surface area contributed by atoms with Crippen LogP contribution in [0.3, 0.4) is 0 Å². The van der Waals surface area contributed by atoms with E-state index < -0.39 is 0 Å². The Bertz CT molecular complexity index is 883. The van der Waals surface area contributed by atoms with Crippen LogP contribution in [-0.4, -0.2) is 20.2 Å². The summed E-state index contributed by atoms with van der Waals surface area (Å²) in [5.41, 5.74) is 14.4. The number of fused-ring (bicyclic) bond motifs is 1. The van der Waals surface area contributed by atoms with Crippen LogP contribution in [0.5, 0.6) is 0 Å². The molecule has 3 aromatic rings. The summed E-state index contributed by atoms with van der Waals surface area (Å²) in [4.78, 5) is 7.52. The molecule has 110 valence electrons. The van der Waals surface area contributed by atoms with Gasteiger partial charge in [-0.25, -0.2) is 4.98 Å². The number of pyridine rings is 1. The molecule has 2 aromatic heterocycles. The fourth-order valence-corrected chi connectivity index (χ4v) is 2.71. The number of aromatic nitrogens is 2. The van der Waals surface area contributed by atoms with E-state index in [4.69, 9.17) is 22.3 Å². The third kappa shape index (κ3) is 2.66. The molecule has 0 amide bonds.